The van der Waals surface area contributed by atoms with Gasteiger partial charge >= 0.3 is 0 Å². The SMILES string of the molecule is CNCCCN(C)Cc1ccc2c(c1)C(=O)N(C1CCC(=O)NC1=O)C2. The minimum Gasteiger partial charge on any atom is -0.322 e. The molecule has 0 aliphatic carbocycles. The predicted molar refractivity (Wildman–Crippen MR) is 97.4 cm³/mol. The van der Waals surface area contributed by atoms with Crippen LogP contribution in [-0.4, -0.2) is 60.7 Å². The van der Waals surface area contributed by atoms with Gasteiger partial charge in [-0.25, -0.2) is 0 Å². The molecule has 1 fully saturated rings. The Balaban J connectivity index is 1.67. The summed E-state index contributed by atoms with van der Waals surface area (Å²) in [5, 5.41) is 5.47. The highest BCUT2D eigenvalue weighted by Crippen LogP contribution is 2.28. The van der Waals surface area contributed by atoms with Crippen molar-refractivity contribution in [2.45, 2.75) is 38.4 Å². The monoisotopic (exact) mass is 358 g/mol. The van der Waals surface area contributed by atoms with Crippen molar-refractivity contribution >= 4 is 17.7 Å². The standard InChI is InChI=1S/C19H26N4O3/c1-20-8-3-9-22(2)11-13-4-5-14-12-23(19(26)15(14)10-13)16-6-7-17(24)21-18(16)25/h4-5,10,16,20H,3,6-9,11-12H2,1-2H3,(H,21,24,25). The molecule has 1 aromatic rings. The Morgan fingerprint density at radius 3 is 2.85 bits per heavy atom. The predicted octanol–water partition coefficient (Wildman–Crippen LogP) is 0.489. The molecule has 2 aliphatic rings. The maximum Gasteiger partial charge on any atom is 0.255 e. The molecule has 2 heterocycles. The highest BCUT2D eigenvalue weighted by molar-refractivity contribution is 6.05. The lowest BCUT2D eigenvalue weighted by atomic mass is 10.0. The summed E-state index contributed by atoms with van der Waals surface area (Å²) < 4.78 is 0. The van der Waals surface area contributed by atoms with Crippen molar-refractivity contribution in [1.82, 2.24) is 20.4 Å². The molecule has 3 amide bonds. The van der Waals surface area contributed by atoms with Crippen LogP contribution in [-0.2, 0) is 22.7 Å². The first-order valence-corrected chi connectivity index (χ1v) is 9.09. The van der Waals surface area contributed by atoms with E-state index < -0.39 is 6.04 Å². The Bertz CT molecular complexity index is 719. The molecule has 7 nitrogen and oxygen atoms in total. The molecular formula is C19H26N4O3. The van der Waals surface area contributed by atoms with Crippen LogP contribution < -0.4 is 10.6 Å². The molecule has 2 aliphatic heterocycles. The van der Waals surface area contributed by atoms with E-state index in [2.05, 4.69) is 28.6 Å². The molecule has 0 spiro atoms. The number of hydrogen-bond acceptors (Lipinski definition) is 5. The zero-order valence-electron chi connectivity index (χ0n) is 15.4. The summed E-state index contributed by atoms with van der Waals surface area (Å²) in [6.45, 7) is 3.17. The first-order valence-electron chi connectivity index (χ1n) is 9.09. The number of rotatable bonds is 7. The van der Waals surface area contributed by atoms with Crippen molar-refractivity contribution in [2.24, 2.45) is 0 Å². The molecular weight excluding hydrogens is 332 g/mol. The van der Waals surface area contributed by atoms with Gasteiger partial charge in [0.25, 0.3) is 5.91 Å². The molecule has 1 unspecified atom stereocenters. The van der Waals surface area contributed by atoms with E-state index in [9.17, 15) is 14.4 Å². The molecule has 7 heteroatoms. The van der Waals surface area contributed by atoms with E-state index in [4.69, 9.17) is 0 Å². The summed E-state index contributed by atoms with van der Waals surface area (Å²) in [6.07, 6.45) is 1.74. The van der Waals surface area contributed by atoms with Gasteiger partial charge in [-0.3, -0.25) is 19.7 Å². The molecule has 1 saturated heterocycles. The molecule has 1 aromatic carbocycles. The fourth-order valence-corrected chi connectivity index (χ4v) is 3.62. The molecule has 1 atom stereocenters. The molecule has 0 aromatic heterocycles. The van der Waals surface area contributed by atoms with Crippen LogP contribution in [0.1, 0.15) is 40.7 Å². The fourth-order valence-electron chi connectivity index (χ4n) is 3.62. The van der Waals surface area contributed by atoms with Gasteiger partial charge in [-0.05, 0) is 57.2 Å². The van der Waals surface area contributed by atoms with Crippen LogP contribution in [0, 0.1) is 0 Å². The lowest BCUT2D eigenvalue weighted by Gasteiger charge is -2.29. The Kier molecular flexibility index (Phi) is 5.68. The van der Waals surface area contributed by atoms with Crippen LogP contribution >= 0.6 is 0 Å². The summed E-state index contributed by atoms with van der Waals surface area (Å²) in [5.74, 6) is -0.750. The number of carbonyl (C=O) groups excluding carboxylic acids is 3. The zero-order valence-corrected chi connectivity index (χ0v) is 15.4. The van der Waals surface area contributed by atoms with Crippen molar-refractivity contribution in [3.63, 3.8) is 0 Å². The minimum absolute atomic E-state index is 0.116. The summed E-state index contributed by atoms with van der Waals surface area (Å²) in [4.78, 5) is 40.1. The van der Waals surface area contributed by atoms with Gasteiger partial charge in [-0.1, -0.05) is 12.1 Å². The highest BCUT2D eigenvalue weighted by Gasteiger charge is 2.39. The normalized spacial score (nSPS) is 19.9. The summed E-state index contributed by atoms with van der Waals surface area (Å²) in [6, 6.07) is 5.42. The van der Waals surface area contributed by atoms with Crippen LogP contribution in [0.25, 0.3) is 0 Å². The second kappa shape index (κ2) is 7.97. The van der Waals surface area contributed by atoms with E-state index in [0.29, 0.717) is 18.5 Å². The van der Waals surface area contributed by atoms with E-state index in [0.717, 1.165) is 37.2 Å². The lowest BCUT2D eigenvalue weighted by Crippen LogP contribution is -2.52. The first-order chi connectivity index (χ1) is 12.5. The summed E-state index contributed by atoms with van der Waals surface area (Å²) in [7, 11) is 4.01. The maximum absolute atomic E-state index is 12.8. The molecule has 0 radical (unpaired) electrons. The minimum atomic E-state index is -0.555. The largest absolute Gasteiger partial charge is 0.322 e. The summed E-state index contributed by atoms with van der Waals surface area (Å²) >= 11 is 0. The number of benzene rings is 1. The average molecular weight is 358 g/mol. The van der Waals surface area contributed by atoms with Crippen molar-refractivity contribution in [3.05, 3.63) is 34.9 Å². The quantitative estimate of drug-likeness (QED) is 0.548. The smallest absolute Gasteiger partial charge is 0.255 e. The number of carbonyl (C=O) groups is 3. The number of imide groups is 1. The van der Waals surface area contributed by atoms with Gasteiger partial charge in [0.05, 0.1) is 0 Å². The van der Waals surface area contributed by atoms with Gasteiger partial charge in [0.15, 0.2) is 0 Å². The van der Waals surface area contributed by atoms with E-state index >= 15 is 0 Å². The Morgan fingerprint density at radius 2 is 2.12 bits per heavy atom. The Morgan fingerprint density at radius 1 is 1.31 bits per heavy atom. The van der Waals surface area contributed by atoms with Gasteiger partial charge in [0.1, 0.15) is 6.04 Å². The van der Waals surface area contributed by atoms with E-state index in [1.54, 1.807) is 4.90 Å². The van der Waals surface area contributed by atoms with Crippen LogP contribution in [0.3, 0.4) is 0 Å². The third-order valence-electron chi connectivity index (χ3n) is 5.01. The van der Waals surface area contributed by atoms with Gasteiger partial charge in [-0.15, -0.1) is 0 Å². The van der Waals surface area contributed by atoms with Crippen LogP contribution in [0.15, 0.2) is 18.2 Å². The van der Waals surface area contributed by atoms with Gasteiger partial charge < -0.3 is 15.1 Å². The first kappa shape index (κ1) is 18.5. The number of amides is 3. The number of fused-ring (bicyclic) bond motifs is 1. The van der Waals surface area contributed by atoms with E-state index in [1.807, 2.05) is 19.2 Å². The topological polar surface area (TPSA) is 81.8 Å². The fraction of sp³-hybridized carbons (Fsp3) is 0.526. The molecule has 0 saturated carbocycles. The van der Waals surface area contributed by atoms with Crippen LogP contribution in [0.2, 0.25) is 0 Å². The van der Waals surface area contributed by atoms with Gasteiger partial charge in [0, 0.05) is 25.1 Å². The molecule has 2 N–H and O–H groups in total. The maximum atomic E-state index is 12.8. The Labute approximate surface area is 153 Å². The van der Waals surface area contributed by atoms with E-state index in [-0.39, 0.29) is 24.1 Å². The zero-order chi connectivity index (χ0) is 18.7. The van der Waals surface area contributed by atoms with E-state index in [1.165, 1.54) is 0 Å². The second-order valence-electron chi connectivity index (χ2n) is 7.09. The van der Waals surface area contributed by atoms with Crippen molar-refractivity contribution in [2.75, 3.05) is 27.2 Å². The summed E-state index contributed by atoms with van der Waals surface area (Å²) in [5.41, 5.74) is 2.71. The van der Waals surface area contributed by atoms with Gasteiger partial charge in [0.2, 0.25) is 11.8 Å². The number of piperidine rings is 1. The lowest BCUT2D eigenvalue weighted by molar-refractivity contribution is -0.136. The number of hydrogen-bond donors (Lipinski definition) is 2. The highest BCUT2D eigenvalue weighted by atomic mass is 16.2. The molecule has 0 bridgehead atoms. The van der Waals surface area contributed by atoms with Crippen molar-refractivity contribution in [3.8, 4) is 0 Å². The molecule has 3 rings (SSSR count). The molecule has 140 valence electrons. The van der Waals surface area contributed by atoms with Crippen molar-refractivity contribution in [1.29, 1.82) is 0 Å². The van der Waals surface area contributed by atoms with Crippen molar-refractivity contribution < 1.29 is 14.4 Å². The average Bonchev–Trinajstić information content (AvgIpc) is 2.92. The van der Waals surface area contributed by atoms with Gasteiger partial charge in [-0.2, -0.15) is 0 Å². The molecule has 26 heavy (non-hydrogen) atoms. The number of nitrogens with zero attached hydrogens (tertiary/aromatic N) is 2. The van der Waals surface area contributed by atoms with Crippen LogP contribution in [0.4, 0.5) is 0 Å². The third kappa shape index (κ3) is 3.94. The Hall–Kier alpha value is -2.25. The second-order valence-corrected chi connectivity index (χ2v) is 7.09. The third-order valence-corrected chi connectivity index (χ3v) is 5.01. The number of nitrogens with one attached hydrogen (secondary N) is 2. The van der Waals surface area contributed by atoms with Crippen LogP contribution in [0.5, 0.6) is 0 Å².